The number of nitrogens with one attached hydrogen (secondary N) is 2. The fourth-order valence-corrected chi connectivity index (χ4v) is 0.714. The molecular formula is C6H11N5O2. The number of amides is 1. The first-order valence-corrected chi connectivity index (χ1v) is 3.73. The van der Waals surface area contributed by atoms with Crippen LogP contribution in [0.25, 0.3) is 0 Å². The van der Waals surface area contributed by atoms with Crippen LogP contribution in [0.5, 0.6) is 0 Å². The molecule has 7 nitrogen and oxygen atoms in total. The van der Waals surface area contributed by atoms with Crippen LogP contribution in [0.3, 0.4) is 0 Å². The average molecular weight is 185 g/mol. The van der Waals surface area contributed by atoms with Crippen LogP contribution >= 0.6 is 0 Å². The predicted molar refractivity (Wildman–Crippen MR) is 44.8 cm³/mol. The van der Waals surface area contributed by atoms with Gasteiger partial charge in [0.1, 0.15) is 0 Å². The second-order valence-electron chi connectivity index (χ2n) is 2.60. The minimum atomic E-state index is -0.439. The SMILES string of the molecule is C[C@@H](CO)NC(=O)c1nc(N)n[nH]1. The molecule has 1 heterocycles. The Kier molecular flexibility index (Phi) is 2.80. The molecule has 1 rings (SSSR count). The number of rotatable bonds is 3. The third-order valence-corrected chi connectivity index (χ3v) is 1.37. The van der Waals surface area contributed by atoms with Crippen molar-refractivity contribution in [2.45, 2.75) is 13.0 Å². The van der Waals surface area contributed by atoms with Crippen molar-refractivity contribution in [1.29, 1.82) is 0 Å². The summed E-state index contributed by atoms with van der Waals surface area (Å²) in [7, 11) is 0. The number of aromatic nitrogens is 3. The van der Waals surface area contributed by atoms with Crippen LogP contribution in [-0.4, -0.2) is 38.8 Å². The van der Waals surface area contributed by atoms with Gasteiger partial charge in [-0.05, 0) is 6.92 Å². The van der Waals surface area contributed by atoms with E-state index in [0.29, 0.717) is 0 Å². The molecule has 0 aliphatic carbocycles. The average Bonchev–Trinajstić information content (AvgIpc) is 2.51. The number of aliphatic hydroxyl groups is 1. The normalized spacial score (nSPS) is 12.5. The molecule has 0 aromatic carbocycles. The monoisotopic (exact) mass is 185 g/mol. The zero-order chi connectivity index (χ0) is 9.84. The Morgan fingerprint density at radius 3 is 3.00 bits per heavy atom. The van der Waals surface area contributed by atoms with Gasteiger partial charge in [-0.2, -0.15) is 4.98 Å². The van der Waals surface area contributed by atoms with E-state index >= 15 is 0 Å². The number of nitrogens with zero attached hydrogens (tertiary/aromatic N) is 2. The molecule has 0 saturated heterocycles. The number of aromatic amines is 1. The minimum Gasteiger partial charge on any atom is -0.394 e. The van der Waals surface area contributed by atoms with Gasteiger partial charge in [0.25, 0.3) is 5.91 Å². The minimum absolute atomic E-state index is 0.0156. The van der Waals surface area contributed by atoms with Gasteiger partial charge in [0.2, 0.25) is 11.8 Å². The maximum atomic E-state index is 11.2. The molecule has 1 aromatic rings. The van der Waals surface area contributed by atoms with E-state index in [2.05, 4.69) is 20.5 Å². The number of anilines is 1. The smallest absolute Gasteiger partial charge is 0.288 e. The first-order chi connectivity index (χ1) is 6.13. The van der Waals surface area contributed by atoms with E-state index < -0.39 is 5.91 Å². The van der Waals surface area contributed by atoms with Crippen LogP contribution in [-0.2, 0) is 0 Å². The second kappa shape index (κ2) is 3.85. The molecule has 0 bridgehead atoms. The Balaban J connectivity index is 2.58. The van der Waals surface area contributed by atoms with Crippen molar-refractivity contribution >= 4 is 11.9 Å². The van der Waals surface area contributed by atoms with Crippen molar-refractivity contribution in [3.8, 4) is 0 Å². The van der Waals surface area contributed by atoms with Gasteiger partial charge in [0.05, 0.1) is 6.61 Å². The van der Waals surface area contributed by atoms with Crippen LogP contribution in [0.2, 0.25) is 0 Å². The summed E-state index contributed by atoms with van der Waals surface area (Å²) >= 11 is 0. The van der Waals surface area contributed by atoms with Gasteiger partial charge < -0.3 is 16.2 Å². The Labute approximate surface area is 74.4 Å². The zero-order valence-electron chi connectivity index (χ0n) is 7.11. The first kappa shape index (κ1) is 9.46. The molecule has 0 spiro atoms. The number of carbonyl (C=O) groups is 1. The van der Waals surface area contributed by atoms with E-state index in [4.69, 9.17) is 10.8 Å². The maximum absolute atomic E-state index is 11.2. The van der Waals surface area contributed by atoms with Gasteiger partial charge >= 0.3 is 0 Å². The third-order valence-electron chi connectivity index (χ3n) is 1.37. The van der Waals surface area contributed by atoms with Gasteiger partial charge in [-0.25, -0.2) is 0 Å². The fourth-order valence-electron chi connectivity index (χ4n) is 0.714. The van der Waals surface area contributed by atoms with Crippen molar-refractivity contribution in [1.82, 2.24) is 20.5 Å². The number of H-pyrrole nitrogens is 1. The summed E-state index contributed by atoms with van der Waals surface area (Å²) in [4.78, 5) is 14.8. The van der Waals surface area contributed by atoms with Gasteiger partial charge in [0, 0.05) is 6.04 Å². The highest BCUT2D eigenvalue weighted by Gasteiger charge is 2.12. The third kappa shape index (κ3) is 2.41. The number of nitrogens with two attached hydrogens (primary N) is 1. The van der Waals surface area contributed by atoms with Crippen molar-refractivity contribution in [3.05, 3.63) is 5.82 Å². The summed E-state index contributed by atoms with van der Waals surface area (Å²) in [6.07, 6.45) is 0. The fraction of sp³-hybridized carbons (Fsp3) is 0.500. The van der Waals surface area contributed by atoms with Crippen molar-refractivity contribution in [2.24, 2.45) is 0 Å². The number of hydrogen-bond donors (Lipinski definition) is 4. The molecular weight excluding hydrogens is 174 g/mol. The van der Waals surface area contributed by atoms with Crippen LogP contribution < -0.4 is 11.1 Å². The molecule has 72 valence electrons. The Bertz CT molecular complexity index is 297. The first-order valence-electron chi connectivity index (χ1n) is 3.73. The van der Waals surface area contributed by atoms with Gasteiger partial charge in [-0.1, -0.05) is 0 Å². The molecule has 1 aromatic heterocycles. The maximum Gasteiger partial charge on any atom is 0.288 e. The lowest BCUT2D eigenvalue weighted by atomic mass is 10.3. The van der Waals surface area contributed by atoms with E-state index in [0.717, 1.165) is 0 Å². The molecule has 0 aliphatic rings. The van der Waals surface area contributed by atoms with E-state index in [1.54, 1.807) is 6.92 Å². The van der Waals surface area contributed by atoms with Gasteiger partial charge in [-0.3, -0.25) is 9.89 Å². The quantitative estimate of drug-likeness (QED) is 0.457. The number of hydrogen-bond acceptors (Lipinski definition) is 5. The summed E-state index contributed by atoms with van der Waals surface area (Å²) < 4.78 is 0. The highest BCUT2D eigenvalue weighted by atomic mass is 16.3. The van der Waals surface area contributed by atoms with Crippen LogP contribution in [0, 0.1) is 0 Å². The summed E-state index contributed by atoms with van der Waals surface area (Å²) in [6, 6.07) is -0.321. The van der Waals surface area contributed by atoms with Crippen molar-refractivity contribution in [3.63, 3.8) is 0 Å². The van der Waals surface area contributed by atoms with E-state index in [1.165, 1.54) is 0 Å². The van der Waals surface area contributed by atoms with Gasteiger partial charge in [0.15, 0.2) is 0 Å². The Morgan fingerprint density at radius 1 is 1.85 bits per heavy atom. The predicted octanol–water partition coefficient (Wildman–Crippen LogP) is -1.50. The number of aliphatic hydroxyl groups excluding tert-OH is 1. The summed E-state index contributed by atoms with van der Waals surface area (Å²) in [5.74, 6) is -0.384. The Morgan fingerprint density at radius 2 is 2.54 bits per heavy atom. The molecule has 0 aliphatic heterocycles. The summed E-state index contributed by atoms with van der Waals surface area (Å²) in [6.45, 7) is 1.53. The molecule has 13 heavy (non-hydrogen) atoms. The van der Waals surface area contributed by atoms with E-state index in [9.17, 15) is 4.79 Å². The highest BCUT2D eigenvalue weighted by Crippen LogP contribution is 1.93. The number of carbonyl (C=O) groups excluding carboxylic acids is 1. The number of nitrogen functional groups attached to an aromatic ring is 1. The van der Waals surface area contributed by atoms with Gasteiger partial charge in [-0.15, -0.1) is 5.10 Å². The molecule has 0 fully saturated rings. The summed E-state index contributed by atoms with van der Waals surface area (Å²) in [5.41, 5.74) is 5.20. The van der Waals surface area contributed by atoms with Crippen molar-refractivity contribution in [2.75, 3.05) is 12.3 Å². The zero-order valence-corrected chi connectivity index (χ0v) is 7.11. The highest BCUT2D eigenvalue weighted by molar-refractivity contribution is 5.90. The molecule has 0 saturated carbocycles. The Hall–Kier alpha value is -1.63. The van der Waals surface area contributed by atoms with Crippen LogP contribution in [0.1, 0.15) is 17.5 Å². The molecule has 1 amide bonds. The lowest BCUT2D eigenvalue weighted by molar-refractivity contribution is 0.0912. The topological polar surface area (TPSA) is 117 Å². The van der Waals surface area contributed by atoms with Crippen LogP contribution in [0.4, 0.5) is 5.95 Å². The van der Waals surface area contributed by atoms with E-state index in [1.807, 2.05) is 0 Å². The van der Waals surface area contributed by atoms with Crippen LogP contribution in [0.15, 0.2) is 0 Å². The van der Waals surface area contributed by atoms with Crippen molar-refractivity contribution < 1.29 is 9.90 Å². The standard InChI is InChI=1S/C6H11N5O2/c1-3(2-12)8-5(13)4-9-6(7)11-10-4/h3,12H,2H2,1H3,(H,8,13)(H3,7,9,10,11)/t3-/m0/s1. The lowest BCUT2D eigenvalue weighted by Gasteiger charge is -2.07. The molecule has 1 atom stereocenters. The van der Waals surface area contributed by atoms with E-state index in [-0.39, 0.29) is 24.4 Å². The molecule has 0 unspecified atom stereocenters. The lowest BCUT2D eigenvalue weighted by Crippen LogP contribution is -2.35. The largest absolute Gasteiger partial charge is 0.394 e. The summed E-state index contributed by atoms with van der Waals surface area (Å²) in [5, 5.41) is 17.0. The molecule has 7 heteroatoms. The molecule has 5 N–H and O–H groups in total. The second-order valence-corrected chi connectivity index (χ2v) is 2.60. The molecule has 0 radical (unpaired) electrons.